The van der Waals surface area contributed by atoms with Crippen LogP contribution in [0.1, 0.15) is 18.1 Å². The van der Waals surface area contributed by atoms with Crippen molar-refractivity contribution in [2.24, 2.45) is 0 Å². The smallest absolute Gasteiger partial charge is 0.294 e. The molecule has 5 heteroatoms. The Bertz CT molecular complexity index is 515. The molecule has 0 saturated carbocycles. The van der Waals surface area contributed by atoms with Gasteiger partial charge in [0.15, 0.2) is 0 Å². The molecule has 4 nitrogen and oxygen atoms in total. The second-order valence-corrected chi connectivity index (χ2v) is 5.90. The van der Waals surface area contributed by atoms with E-state index in [1.54, 1.807) is 6.07 Å². The lowest BCUT2D eigenvalue weighted by Crippen LogP contribution is -2.11. The Morgan fingerprint density at radius 2 is 2.12 bits per heavy atom. The third-order valence-corrected chi connectivity index (χ3v) is 3.67. The predicted molar refractivity (Wildman–Crippen MR) is 59.1 cm³/mol. The van der Waals surface area contributed by atoms with Gasteiger partial charge in [0.25, 0.3) is 10.1 Å². The van der Waals surface area contributed by atoms with E-state index in [4.69, 9.17) is 9.29 Å². The van der Waals surface area contributed by atoms with E-state index in [2.05, 4.69) is 0 Å². The molecule has 16 heavy (non-hydrogen) atoms. The summed E-state index contributed by atoms with van der Waals surface area (Å²) in [4.78, 5) is -0.0580. The molecular formula is C11H14O4S. The summed E-state index contributed by atoms with van der Waals surface area (Å²) in [6.07, 6.45) is 0.669. The first-order valence-electron chi connectivity index (χ1n) is 5.01. The van der Waals surface area contributed by atoms with Crippen molar-refractivity contribution in [3.63, 3.8) is 0 Å². The SMILES string of the molecule is Cc1ccc(S(=O)(=O)O)cc1CC1(C)CO1. The van der Waals surface area contributed by atoms with E-state index in [0.717, 1.165) is 11.1 Å². The van der Waals surface area contributed by atoms with Crippen molar-refractivity contribution in [3.05, 3.63) is 29.3 Å². The summed E-state index contributed by atoms with van der Waals surface area (Å²) in [6, 6.07) is 4.62. The Hall–Kier alpha value is -0.910. The monoisotopic (exact) mass is 242 g/mol. The lowest BCUT2D eigenvalue weighted by Gasteiger charge is -2.09. The van der Waals surface area contributed by atoms with E-state index in [0.29, 0.717) is 13.0 Å². The third-order valence-electron chi connectivity index (χ3n) is 2.82. The first kappa shape index (κ1) is 11.6. The van der Waals surface area contributed by atoms with Crippen molar-refractivity contribution in [1.82, 2.24) is 0 Å². The number of hydrogen-bond donors (Lipinski definition) is 1. The van der Waals surface area contributed by atoms with E-state index < -0.39 is 10.1 Å². The molecule has 1 N–H and O–H groups in total. The van der Waals surface area contributed by atoms with Crippen molar-refractivity contribution < 1.29 is 17.7 Å². The maximum absolute atomic E-state index is 11.0. The number of benzene rings is 1. The minimum atomic E-state index is -4.12. The van der Waals surface area contributed by atoms with E-state index in [-0.39, 0.29) is 10.5 Å². The van der Waals surface area contributed by atoms with E-state index in [1.165, 1.54) is 12.1 Å². The number of hydrogen-bond acceptors (Lipinski definition) is 3. The van der Waals surface area contributed by atoms with Crippen molar-refractivity contribution in [2.75, 3.05) is 6.61 Å². The molecule has 0 bridgehead atoms. The molecule has 1 fully saturated rings. The summed E-state index contributed by atoms with van der Waals surface area (Å²) in [5, 5.41) is 0. The van der Waals surface area contributed by atoms with Gasteiger partial charge >= 0.3 is 0 Å². The fourth-order valence-corrected chi connectivity index (χ4v) is 2.16. The van der Waals surface area contributed by atoms with Crippen LogP contribution >= 0.6 is 0 Å². The van der Waals surface area contributed by atoms with Gasteiger partial charge in [0.2, 0.25) is 0 Å². The molecule has 0 aromatic heterocycles. The molecule has 1 saturated heterocycles. The van der Waals surface area contributed by atoms with Crippen LogP contribution in [0.25, 0.3) is 0 Å². The first-order valence-corrected chi connectivity index (χ1v) is 6.45. The molecular weight excluding hydrogens is 228 g/mol. The molecule has 1 aliphatic heterocycles. The van der Waals surface area contributed by atoms with Gasteiger partial charge in [0.1, 0.15) is 0 Å². The molecule has 0 spiro atoms. The molecule has 88 valence electrons. The topological polar surface area (TPSA) is 66.9 Å². The van der Waals surface area contributed by atoms with Gasteiger partial charge < -0.3 is 4.74 Å². The number of aryl methyl sites for hydroxylation is 1. The van der Waals surface area contributed by atoms with Gasteiger partial charge in [0.05, 0.1) is 17.1 Å². The zero-order chi connectivity index (χ0) is 12.0. The Morgan fingerprint density at radius 3 is 2.62 bits per heavy atom. The largest absolute Gasteiger partial charge is 0.370 e. The molecule has 1 heterocycles. The van der Waals surface area contributed by atoms with Gasteiger partial charge in [-0.15, -0.1) is 0 Å². The van der Waals surface area contributed by atoms with Crippen LogP contribution in [0.3, 0.4) is 0 Å². The summed E-state index contributed by atoms with van der Waals surface area (Å²) < 4.78 is 36.2. The summed E-state index contributed by atoms with van der Waals surface area (Å²) >= 11 is 0. The minimum absolute atomic E-state index is 0.0580. The van der Waals surface area contributed by atoms with Crippen molar-refractivity contribution in [1.29, 1.82) is 0 Å². The van der Waals surface area contributed by atoms with E-state index in [1.807, 2.05) is 13.8 Å². The van der Waals surface area contributed by atoms with Crippen LogP contribution < -0.4 is 0 Å². The van der Waals surface area contributed by atoms with Crippen LogP contribution in [0.15, 0.2) is 23.1 Å². The molecule has 1 unspecified atom stereocenters. The van der Waals surface area contributed by atoms with Crippen LogP contribution in [0.5, 0.6) is 0 Å². The quantitative estimate of drug-likeness (QED) is 0.645. The molecule has 0 amide bonds. The molecule has 2 rings (SSSR count). The van der Waals surface area contributed by atoms with Crippen LogP contribution in [0.2, 0.25) is 0 Å². The second-order valence-electron chi connectivity index (χ2n) is 4.48. The van der Waals surface area contributed by atoms with Gasteiger partial charge in [0, 0.05) is 6.42 Å². The first-order chi connectivity index (χ1) is 7.30. The highest BCUT2D eigenvalue weighted by Gasteiger charge is 2.39. The van der Waals surface area contributed by atoms with Crippen molar-refractivity contribution in [2.45, 2.75) is 30.8 Å². The van der Waals surface area contributed by atoms with Gasteiger partial charge in [-0.1, -0.05) is 6.07 Å². The average molecular weight is 242 g/mol. The fraction of sp³-hybridized carbons (Fsp3) is 0.455. The Kier molecular flexibility index (Phi) is 2.57. The number of epoxide rings is 1. The molecule has 0 radical (unpaired) electrons. The highest BCUT2D eigenvalue weighted by Crippen LogP contribution is 2.31. The summed E-state index contributed by atoms with van der Waals surface area (Å²) in [7, 11) is -4.12. The summed E-state index contributed by atoms with van der Waals surface area (Å²) in [5.41, 5.74) is 1.74. The highest BCUT2D eigenvalue weighted by molar-refractivity contribution is 7.85. The van der Waals surface area contributed by atoms with E-state index >= 15 is 0 Å². The normalized spacial score (nSPS) is 24.4. The standard InChI is InChI=1S/C11H14O4S/c1-8-3-4-10(16(12,13)14)5-9(8)6-11(2)7-15-11/h3-5H,6-7H2,1-2H3,(H,12,13,14). The number of rotatable bonds is 3. The van der Waals surface area contributed by atoms with E-state index in [9.17, 15) is 8.42 Å². The minimum Gasteiger partial charge on any atom is -0.370 e. The lowest BCUT2D eigenvalue weighted by atomic mass is 9.98. The molecule has 0 aliphatic carbocycles. The van der Waals surface area contributed by atoms with Gasteiger partial charge in [-0.25, -0.2) is 0 Å². The van der Waals surface area contributed by atoms with Crippen LogP contribution in [0, 0.1) is 6.92 Å². The summed E-state index contributed by atoms with van der Waals surface area (Å²) in [5.74, 6) is 0. The van der Waals surface area contributed by atoms with Crippen molar-refractivity contribution >= 4 is 10.1 Å². The zero-order valence-corrected chi connectivity index (χ0v) is 10.0. The second kappa shape index (κ2) is 3.55. The summed E-state index contributed by atoms with van der Waals surface area (Å²) in [6.45, 7) is 4.59. The van der Waals surface area contributed by atoms with Crippen LogP contribution in [0.4, 0.5) is 0 Å². The Labute approximate surface area is 95.0 Å². The Morgan fingerprint density at radius 1 is 1.50 bits per heavy atom. The third kappa shape index (κ3) is 2.42. The lowest BCUT2D eigenvalue weighted by molar-refractivity contribution is 0.322. The van der Waals surface area contributed by atoms with Crippen LogP contribution in [-0.2, 0) is 21.3 Å². The average Bonchev–Trinajstić information content (AvgIpc) is 2.86. The van der Waals surface area contributed by atoms with Crippen LogP contribution in [-0.4, -0.2) is 25.2 Å². The highest BCUT2D eigenvalue weighted by atomic mass is 32.2. The molecule has 1 aliphatic rings. The van der Waals surface area contributed by atoms with Gasteiger partial charge in [-0.3, -0.25) is 4.55 Å². The maximum Gasteiger partial charge on any atom is 0.294 e. The van der Waals surface area contributed by atoms with Gasteiger partial charge in [-0.2, -0.15) is 8.42 Å². The number of ether oxygens (including phenoxy) is 1. The van der Waals surface area contributed by atoms with Gasteiger partial charge in [-0.05, 0) is 37.1 Å². The molecule has 1 aromatic rings. The van der Waals surface area contributed by atoms with Crippen molar-refractivity contribution in [3.8, 4) is 0 Å². The molecule has 1 atom stereocenters. The molecule has 1 aromatic carbocycles. The zero-order valence-electron chi connectivity index (χ0n) is 9.23. The predicted octanol–water partition coefficient (Wildman–Crippen LogP) is 1.57. The maximum atomic E-state index is 11.0. The fourth-order valence-electron chi connectivity index (χ4n) is 1.63. The Balaban J connectivity index is 2.37.